The smallest absolute Gasteiger partial charge is 0.140 e. The van der Waals surface area contributed by atoms with Crippen molar-refractivity contribution in [3.8, 4) is 5.75 Å². The zero-order chi connectivity index (χ0) is 13.8. The molecule has 4 nitrogen and oxygen atoms in total. The first-order valence-corrected chi connectivity index (χ1v) is 6.68. The van der Waals surface area contributed by atoms with Gasteiger partial charge in [0.2, 0.25) is 0 Å². The minimum absolute atomic E-state index is 0.600. The van der Waals surface area contributed by atoms with Gasteiger partial charge in [0.25, 0.3) is 0 Å². The molecule has 0 unspecified atom stereocenters. The van der Waals surface area contributed by atoms with Crippen LogP contribution in [0.1, 0.15) is 11.1 Å². The van der Waals surface area contributed by atoms with Crippen LogP contribution in [0.2, 0.25) is 0 Å². The van der Waals surface area contributed by atoms with Gasteiger partial charge in [-0.3, -0.25) is 0 Å². The van der Waals surface area contributed by atoms with Crippen molar-refractivity contribution in [3.63, 3.8) is 0 Å². The van der Waals surface area contributed by atoms with Gasteiger partial charge < -0.3 is 15.8 Å². The summed E-state index contributed by atoms with van der Waals surface area (Å²) in [5, 5.41) is 3.26. The van der Waals surface area contributed by atoms with Gasteiger partial charge in [-0.1, -0.05) is 0 Å². The number of benzene rings is 1. The second kappa shape index (κ2) is 5.93. The molecule has 0 fully saturated rings. The number of rotatable bonds is 4. The second-order valence-electron chi connectivity index (χ2n) is 4.27. The molecule has 0 saturated carbocycles. The van der Waals surface area contributed by atoms with Crippen LogP contribution in [0.5, 0.6) is 5.75 Å². The lowest BCUT2D eigenvalue weighted by Crippen LogP contribution is -2.04. The Morgan fingerprint density at radius 3 is 2.84 bits per heavy atom. The van der Waals surface area contributed by atoms with E-state index in [0.717, 1.165) is 27.2 Å². The average Bonchev–Trinajstić information content (AvgIpc) is 2.38. The van der Waals surface area contributed by atoms with Crippen LogP contribution in [0, 0.1) is 6.92 Å². The molecule has 0 aliphatic rings. The number of hydrogen-bond donors (Lipinski definition) is 2. The van der Waals surface area contributed by atoms with Crippen molar-refractivity contribution < 1.29 is 4.74 Å². The summed E-state index contributed by atoms with van der Waals surface area (Å²) >= 11 is 3.49. The highest BCUT2D eigenvalue weighted by Gasteiger charge is 2.06. The number of aryl methyl sites for hydroxylation is 1. The van der Waals surface area contributed by atoms with E-state index in [1.165, 1.54) is 0 Å². The van der Waals surface area contributed by atoms with Crippen molar-refractivity contribution in [1.82, 2.24) is 4.98 Å². The second-order valence-corrected chi connectivity index (χ2v) is 5.12. The molecule has 3 N–H and O–H groups in total. The Morgan fingerprint density at radius 2 is 2.16 bits per heavy atom. The van der Waals surface area contributed by atoms with E-state index in [0.29, 0.717) is 12.2 Å². The molecule has 1 aromatic carbocycles. The summed E-state index contributed by atoms with van der Waals surface area (Å²) in [4.78, 5) is 4.34. The van der Waals surface area contributed by atoms with Gasteiger partial charge in [0.15, 0.2) is 0 Å². The molecule has 0 spiro atoms. The predicted molar refractivity (Wildman–Crippen MR) is 81.4 cm³/mol. The maximum atomic E-state index is 5.79. The number of anilines is 2. The van der Waals surface area contributed by atoms with Crippen LogP contribution < -0.4 is 15.8 Å². The molecule has 1 aromatic heterocycles. The number of nitrogen functional groups attached to an aromatic ring is 1. The molecular formula is C14H16BrN3O. The van der Waals surface area contributed by atoms with Gasteiger partial charge in [-0.2, -0.15) is 0 Å². The summed E-state index contributed by atoms with van der Waals surface area (Å²) < 4.78 is 6.25. The van der Waals surface area contributed by atoms with Crippen molar-refractivity contribution in [2.24, 2.45) is 0 Å². The normalized spacial score (nSPS) is 10.3. The zero-order valence-corrected chi connectivity index (χ0v) is 12.5. The third kappa shape index (κ3) is 3.38. The number of methoxy groups -OCH3 is 1. The van der Waals surface area contributed by atoms with Crippen LogP contribution in [0.4, 0.5) is 11.5 Å². The molecule has 2 aromatic rings. The molecule has 0 atom stereocenters. The van der Waals surface area contributed by atoms with E-state index in [1.807, 2.05) is 37.4 Å². The quantitative estimate of drug-likeness (QED) is 0.848. The Labute approximate surface area is 121 Å². The van der Waals surface area contributed by atoms with Crippen LogP contribution >= 0.6 is 15.9 Å². The van der Waals surface area contributed by atoms with Crippen molar-refractivity contribution in [3.05, 3.63) is 46.1 Å². The highest BCUT2D eigenvalue weighted by atomic mass is 79.9. The standard InChI is InChI=1S/C14H16BrN3O/c1-9-5-12(15)14(17-7-9)18-8-10-6-11(16)3-4-13(10)19-2/h3-7H,8,16H2,1-2H3,(H,17,18). The molecule has 0 bridgehead atoms. The summed E-state index contributed by atoms with van der Waals surface area (Å²) in [5.41, 5.74) is 8.62. The minimum Gasteiger partial charge on any atom is -0.496 e. The molecule has 0 radical (unpaired) electrons. The topological polar surface area (TPSA) is 60.2 Å². The highest BCUT2D eigenvalue weighted by molar-refractivity contribution is 9.10. The summed E-state index contributed by atoms with van der Waals surface area (Å²) in [6.07, 6.45) is 1.82. The lowest BCUT2D eigenvalue weighted by atomic mass is 10.1. The number of hydrogen-bond acceptors (Lipinski definition) is 4. The number of nitrogens with two attached hydrogens (primary N) is 1. The SMILES string of the molecule is COc1ccc(N)cc1CNc1ncc(C)cc1Br. The Hall–Kier alpha value is -1.75. The summed E-state index contributed by atoms with van der Waals surface area (Å²) in [7, 11) is 1.65. The van der Waals surface area contributed by atoms with Crippen LogP contribution in [0.3, 0.4) is 0 Å². The molecule has 0 saturated heterocycles. The van der Waals surface area contributed by atoms with Gasteiger partial charge >= 0.3 is 0 Å². The Morgan fingerprint density at radius 1 is 1.37 bits per heavy atom. The van der Waals surface area contributed by atoms with Crippen molar-refractivity contribution in [2.75, 3.05) is 18.2 Å². The molecule has 1 heterocycles. The number of ether oxygens (including phenoxy) is 1. The number of halogens is 1. The van der Waals surface area contributed by atoms with Gasteiger partial charge in [0, 0.05) is 24.0 Å². The van der Waals surface area contributed by atoms with Crippen molar-refractivity contribution in [2.45, 2.75) is 13.5 Å². The van der Waals surface area contributed by atoms with Crippen molar-refractivity contribution >= 4 is 27.4 Å². The largest absolute Gasteiger partial charge is 0.496 e. The third-order valence-electron chi connectivity index (χ3n) is 2.73. The van der Waals surface area contributed by atoms with E-state index >= 15 is 0 Å². The fraction of sp³-hybridized carbons (Fsp3) is 0.214. The Balaban J connectivity index is 2.16. The monoisotopic (exact) mass is 321 g/mol. The number of nitrogens with zero attached hydrogens (tertiary/aromatic N) is 1. The van der Waals surface area contributed by atoms with Gasteiger partial charge in [-0.25, -0.2) is 4.98 Å². The van der Waals surface area contributed by atoms with E-state index in [4.69, 9.17) is 10.5 Å². The van der Waals surface area contributed by atoms with Crippen LogP contribution in [0.25, 0.3) is 0 Å². The van der Waals surface area contributed by atoms with Gasteiger partial charge in [0.05, 0.1) is 11.6 Å². The van der Waals surface area contributed by atoms with E-state index in [1.54, 1.807) is 7.11 Å². The first-order valence-electron chi connectivity index (χ1n) is 5.88. The molecule has 5 heteroatoms. The molecular weight excluding hydrogens is 306 g/mol. The van der Waals surface area contributed by atoms with Gasteiger partial charge in [-0.15, -0.1) is 0 Å². The molecule has 19 heavy (non-hydrogen) atoms. The third-order valence-corrected chi connectivity index (χ3v) is 3.33. The highest BCUT2D eigenvalue weighted by Crippen LogP contribution is 2.24. The molecule has 100 valence electrons. The first kappa shape index (κ1) is 13.7. The summed E-state index contributed by atoms with van der Waals surface area (Å²) in [6.45, 7) is 2.60. The predicted octanol–water partition coefficient (Wildman–Crippen LogP) is 3.36. The fourth-order valence-corrected chi connectivity index (χ4v) is 2.38. The van der Waals surface area contributed by atoms with E-state index < -0.39 is 0 Å². The Bertz CT molecular complexity index is 587. The van der Waals surface area contributed by atoms with E-state index in [-0.39, 0.29) is 0 Å². The Kier molecular flexibility index (Phi) is 4.27. The van der Waals surface area contributed by atoms with Crippen LogP contribution in [0.15, 0.2) is 34.9 Å². The van der Waals surface area contributed by atoms with Gasteiger partial charge in [-0.05, 0) is 52.7 Å². The lowest BCUT2D eigenvalue weighted by Gasteiger charge is -2.12. The zero-order valence-electron chi connectivity index (χ0n) is 10.9. The fourth-order valence-electron chi connectivity index (χ4n) is 1.78. The van der Waals surface area contributed by atoms with Crippen molar-refractivity contribution in [1.29, 1.82) is 0 Å². The molecule has 0 amide bonds. The lowest BCUT2D eigenvalue weighted by molar-refractivity contribution is 0.410. The van der Waals surface area contributed by atoms with Crippen LogP contribution in [-0.4, -0.2) is 12.1 Å². The van der Waals surface area contributed by atoms with E-state index in [9.17, 15) is 0 Å². The summed E-state index contributed by atoms with van der Waals surface area (Å²) in [6, 6.07) is 7.60. The maximum Gasteiger partial charge on any atom is 0.140 e. The molecule has 0 aliphatic heterocycles. The maximum absolute atomic E-state index is 5.79. The first-order chi connectivity index (χ1) is 9.10. The number of pyridine rings is 1. The number of nitrogens with one attached hydrogen (secondary N) is 1. The molecule has 0 aliphatic carbocycles. The minimum atomic E-state index is 0.600. The average molecular weight is 322 g/mol. The van der Waals surface area contributed by atoms with E-state index in [2.05, 4.69) is 26.2 Å². The number of aromatic nitrogens is 1. The van der Waals surface area contributed by atoms with Crippen LogP contribution in [-0.2, 0) is 6.54 Å². The van der Waals surface area contributed by atoms with Gasteiger partial charge in [0.1, 0.15) is 11.6 Å². The summed E-state index contributed by atoms with van der Waals surface area (Å²) in [5.74, 6) is 1.61. The molecule has 2 rings (SSSR count).